The van der Waals surface area contributed by atoms with Crippen molar-refractivity contribution < 1.29 is 55.8 Å². The van der Waals surface area contributed by atoms with Crippen LogP contribution in [-0.4, -0.2) is 151 Å². The van der Waals surface area contributed by atoms with Gasteiger partial charge in [0, 0.05) is 27.2 Å². The Kier molecular flexibility index (Phi) is 19.6. The number of phosphoric ester groups is 1. The molecule has 0 aliphatic carbocycles. The lowest BCUT2D eigenvalue weighted by molar-refractivity contribution is -0.232. The van der Waals surface area contributed by atoms with Gasteiger partial charge in [0.25, 0.3) is 5.56 Å². The molecule has 5 rings (SSSR count). The van der Waals surface area contributed by atoms with E-state index in [1.54, 1.807) is 19.0 Å². The number of carbonyl (C=O) groups is 1. The molecule has 402 valence electrons. The molecular weight excluding hydrogens is 1010 g/mol. The number of amides is 1. The Morgan fingerprint density at radius 3 is 2.21 bits per heavy atom. The minimum atomic E-state index is -4.63. The van der Waals surface area contributed by atoms with Crippen LogP contribution in [0.1, 0.15) is 73.8 Å². The van der Waals surface area contributed by atoms with Crippen molar-refractivity contribution >= 4 is 59.6 Å². The van der Waals surface area contributed by atoms with Gasteiger partial charge in [-0.2, -0.15) is 20.5 Å². The van der Waals surface area contributed by atoms with Crippen molar-refractivity contribution in [1.82, 2.24) is 34.0 Å². The fourth-order valence-corrected chi connectivity index (χ4v) is 11.0. The number of nitrogens with one attached hydrogen (secondary N) is 2. The van der Waals surface area contributed by atoms with Gasteiger partial charge in [0.1, 0.15) is 42.4 Å². The summed E-state index contributed by atoms with van der Waals surface area (Å²) >= 11 is 0. The first-order valence-corrected chi connectivity index (χ1v) is 30.9. The molecule has 2 aliphatic heterocycles. The maximum atomic E-state index is 14.7. The van der Waals surface area contributed by atoms with E-state index in [2.05, 4.69) is 36.8 Å². The highest BCUT2D eigenvalue weighted by Crippen LogP contribution is 2.55. The number of nitriles is 2. The van der Waals surface area contributed by atoms with E-state index in [1.165, 1.54) is 42.5 Å². The lowest BCUT2D eigenvalue weighted by atomic mass is 10.1. The molecule has 1 amide bonds. The fraction of sp³-hybridized carbons (Fsp3) is 0.667. The highest BCUT2D eigenvalue weighted by molar-refractivity contribution is 7.48. The third-order valence-corrected chi connectivity index (χ3v) is 23.2. The number of aliphatic imine (C=N–C) groups is 1. The first-order valence-electron chi connectivity index (χ1n) is 23.6. The van der Waals surface area contributed by atoms with Crippen molar-refractivity contribution in [1.29, 1.82) is 10.5 Å². The summed E-state index contributed by atoms with van der Waals surface area (Å²) in [6.45, 7) is 23.6. The summed E-state index contributed by atoms with van der Waals surface area (Å²) in [5.74, 6) is -0.497. The van der Waals surface area contributed by atoms with Crippen LogP contribution in [-0.2, 0) is 50.7 Å². The average Bonchev–Trinajstić information content (AvgIpc) is 3.95. The van der Waals surface area contributed by atoms with Crippen LogP contribution >= 0.6 is 7.82 Å². The molecule has 3 N–H and O–H groups in total. The SMILES string of the molecule is C=CCOP(=O)(OCCC#N)O[C@H]1[C@@H](O[Si](C)(C)C(C)(C)C)[C@H](n2cnc3c(=O)[nH]c(N=CN(C)C)nc32)O[C@@H]1COC(OCCC#N)[C@H]1O[C@@H](n2ccc(NC(C)=O)nc2=O)[C@H](O[Si](C)(C)C(C)(C)C)[C@@H]1O. The Hall–Kier alpha value is -4.85. The molecule has 3 aromatic heterocycles. The van der Waals surface area contributed by atoms with Crippen molar-refractivity contribution in [3.8, 4) is 12.1 Å². The Bertz CT molecular complexity index is 2690. The Morgan fingerprint density at radius 1 is 0.986 bits per heavy atom. The highest BCUT2D eigenvalue weighted by Gasteiger charge is 2.57. The fourth-order valence-electron chi connectivity index (χ4n) is 7.04. The molecule has 0 radical (unpaired) electrons. The number of imidazole rings is 1. The molecule has 2 fully saturated rings. The summed E-state index contributed by atoms with van der Waals surface area (Å²) in [6.07, 6.45) is -6.94. The molecule has 5 heterocycles. The quantitative estimate of drug-likeness (QED) is 0.0192. The summed E-state index contributed by atoms with van der Waals surface area (Å²) in [5, 5.41) is 33.0. The Labute approximate surface area is 426 Å². The van der Waals surface area contributed by atoms with Crippen LogP contribution in [0.15, 0.2) is 45.8 Å². The number of aliphatic hydroxyl groups excluding tert-OH is 1. The maximum Gasteiger partial charge on any atom is 0.475 e. The van der Waals surface area contributed by atoms with Crippen molar-refractivity contribution in [3.63, 3.8) is 0 Å². The van der Waals surface area contributed by atoms with Crippen LogP contribution in [0, 0.1) is 22.7 Å². The van der Waals surface area contributed by atoms with Gasteiger partial charge in [-0.05, 0) is 42.3 Å². The van der Waals surface area contributed by atoms with E-state index in [0.717, 1.165) is 4.57 Å². The van der Waals surface area contributed by atoms with Crippen LogP contribution in [0.3, 0.4) is 0 Å². The second-order valence-corrected chi connectivity index (χ2v) is 31.8. The molecule has 0 spiro atoms. The molecule has 2 aliphatic rings. The summed E-state index contributed by atoms with van der Waals surface area (Å²) in [5.41, 5.74) is -1.43. The van der Waals surface area contributed by atoms with Gasteiger partial charge in [0.05, 0.1) is 64.1 Å². The molecule has 2 unspecified atom stereocenters. The van der Waals surface area contributed by atoms with Gasteiger partial charge in [0.2, 0.25) is 11.9 Å². The molecule has 0 bridgehead atoms. The van der Waals surface area contributed by atoms with Crippen LogP contribution < -0.4 is 16.6 Å². The molecule has 28 heteroatoms. The molecule has 25 nitrogen and oxygen atoms in total. The number of hydrogen-bond donors (Lipinski definition) is 3. The van der Waals surface area contributed by atoms with Crippen molar-refractivity contribution in [2.24, 2.45) is 4.99 Å². The second kappa shape index (κ2) is 24.2. The van der Waals surface area contributed by atoms with Gasteiger partial charge in [-0.1, -0.05) is 47.6 Å². The van der Waals surface area contributed by atoms with Crippen molar-refractivity contribution in [3.05, 3.63) is 52.1 Å². The lowest BCUT2D eigenvalue weighted by Gasteiger charge is -2.41. The minimum Gasteiger partial charge on any atom is -0.407 e. The molecule has 73 heavy (non-hydrogen) atoms. The van der Waals surface area contributed by atoms with E-state index in [0.29, 0.717) is 0 Å². The predicted octanol–water partition coefficient (Wildman–Crippen LogP) is 5.39. The molecule has 3 aromatic rings. The smallest absolute Gasteiger partial charge is 0.407 e. The summed E-state index contributed by atoms with van der Waals surface area (Å²) in [7, 11) is -6.79. The number of carbonyl (C=O) groups excluding carboxylic acids is 1. The number of aliphatic hydroxyl groups is 1. The van der Waals surface area contributed by atoms with E-state index in [-0.39, 0.29) is 60.6 Å². The van der Waals surface area contributed by atoms with Crippen LogP contribution in [0.25, 0.3) is 11.2 Å². The first kappa shape index (κ1) is 59.0. The lowest BCUT2D eigenvalue weighted by Crippen LogP contribution is -2.51. The maximum absolute atomic E-state index is 14.7. The number of ether oxygens (including phenoxy) is 4. The zero-order valence-corrected chi connectivity index (χ0v) is 46.7. The summed E-state index contributed by atoms with van der Waals surface area (Å²) in [4.78, 5) is 60.5. The van der Waals surface area contributed by atoms with E-state index in [1.807, 2.05) is 79.9 Å². The summed E-state index contributed by atoms with van der Waals surface area (Å²) < 4.78 is 75.1. The van der Waals surface area contributed by atoms with E-state index in [9.17, 15) is 34.6 Å². The first-order chi connectivity index (χ1) is 34.1. The molecule has 10 atom stereocenters. The van der Waals surface area contributed by atoms with Crippen LogP contribution in [0.4, 0.5) is 11.8 Å². The van der Waals surface area contributed by atoms with Crippen molar-refractivity contribution in [2.45, 2.75) is 153 Å². The Morgan fingerprint density at radius 2 is 1.62 bits per heavy atom. The molecular formula is C45H70N11O14PSi2. The highest BCUT2D eigenvalue weighted by atomic mass is 31.2. The van der Waals surface area contributed by atoms with E-state index >= 15 is 0 Å². The van der Waals surface area contributed by atoms with Gasteiger partial charge in [-0.15, -0.1) is 6.58 Å². The number of anilines is 1. The van der Waals surface area contributed by atoms with Gasteiger partial charge in [-0.25, -0.2) is 19.3 Å². The predicted molar refractivity (Wildman–Crippen MR) is 271 cm³/mol. The number of phosphoric acid groups is 1. The number of rotatable bonds is 24. The van der Waals surface area contributed by atoms with Gasteiger partial charge < -0.3 is 43.1 Å². The zero-order chi connectivity index (χ0) is 54.3. The van der Waals surface area contributed by atoms with Gasteiger partial charge >= 0.3 is 13.5 Å². The third kappa shape index (κ3) is 14.5. The Balaban J connectivity index is 1.66. The van der Waals surface area contributed by atoms with Crippen LogP contribution in [0.2, 0.25) is 36.3 Å². The molecule has 2 saturated heterocycles. The zero-order valence-electron chi connectivity index (χ0n) is 43.8. The number of hydrogen-bond acceptors (Lipinski definition) is 20. The standard InChI is InChI=1S/C45H70N11O14PSi2/c1-15-22-64-71(61,65-24-17-20-47)68-33-29(66-40(36(33)70-73(13,14)45(6,7)8)56-27-48-31-37(56)52-42(53-38(31)59)49-26-54(9)10)25-63-41(62-23-16-19-46)35-32(58)34(69-72(11,12)44(3,4)5)39(67-35)55-21-18-30(50-28(2)57)51-43(55)60/h15,18,21,26-27,29,32-36,39-41,58H,1,16-17,22-25H2,2-14H3,(H,52,53,59)(H,50,51,57,60)/t29-,32+,33-,34-,35+,36-,39-,40-,41?,71?/m1/s1. The number of H-pyrrole nitrogens is 1. The number of aromatic amines is 1. The summed E-state index contributed by atoms with van der Waals surface area (Å²) in [6, 6.07) is 5.37. The van der Waals surface area contributed by atoms with Gasteiger partial charge in [-0.3, -0.25) is 37.3 Å². The number of nitrogens with zero attached hydrogens (tertiary/aromatic N) is 9. The monoisotopic (exact) mass is 1080 g/mol. The van der Waals surface area contributed by atoms with Crippen molar-refractivity contribution in [2.75, 3.05) is 45.8 Å². The van der Waals surface area contributed by atoms with Crippen LogP contribution in [0.5, 0.6) is 0 Å². The molecule has 0 aromatic carbocycles. The normalized spacial score (nSPS) is 24.1. The largest absolute Gasteiger partial charge is 0.475 e. The topological polar surface area (TPSA) is 311 Å². The van der Waals surface area contributed by atoms with E-state index in [4.69, 9.17) is 41.4 Å². The average molecular weight is 1080 g/mol. The third-order valence-electron chi connectivity index (χ3n) is 12.8. The second-order valence-electron chi connectivity index (χ2n) is 20.7. The molecule has 0 saturated carbocycles. The van der Waals surface area contributed by atoms with Gasteiger partial charge in [0.15, 0.2) is 46.5 Å². The number of fused-ring (bicyclic) bond motifs is 1. The minimum absolute atomic E-state index is 0.00585. The van der Waals surface area contributed by atoms with E-state index < -0.39 is 109 Å². The number of aromatic nitrogens is 6.